The summed E-state index contributed by atoms with van der Waals surface area (Å²) in [6.45, 7) is 4.26. The number of halogens is 2. The van der Waals surface area contributed by atoms with E-state index in [0.717, 1.165) is 25.7 Å². The van der Waals surface area contributed by atoms with Crippen molar-refractivity contribution in [3.8, 4) is 0 Å². The zero-order valence-corrected chi connectivity index (χ0v) is 17.6. The molecule has 1 N–H and O–H groups in total. The number of ether oxygens (including phenoxy) is 1. The summed E-state index contributed by atoms with van der Waals surface area (Å²) in [5.74, 6) is -0.432. The largest absolute Gasteiger partial charge is 0.462 e. The van der Waals surface area contributed by atoms with Crippen LogP contribution in [0.5, 0.6) is 0 Å². The van der Waals surface area contributed by atoms with E-state index in [4.69, 9.17) is 4.74 Å². The highest BCUT2D eigenvalue weighted by atomic mass is 79.9. The highest BCUT2D eigenvalue weighted by Crippen LogP contribution is 2.37. The predicted molar refractivity (Wildman–Crippen MR) is 108 cm³/mol. The fourth-order valence-electron chi connectivity index (χ4n) is 3.32. The topological polar surface area (TPSA) is 69.0 Å². The Hall–Kier alpha value is -2.22. The van der Waals surface area contributed by atoms with Gasteiger partial charge in [0, 0.05) is 15.7 Å². The Morgan fingerprint density at radius 2 is 2.11 bits per heavy atom. The summed E-state index contributed by atoms with van der Waals surface area (Å²) < 4.78 is 22.4. The van der Waals surface area contributed by atoms with Crippen molar-refractivity contribution in [2.75, 3.05) is 11.9 Å². The number of rotatable bonds is 8. The van der Waals surface area contributed by atoms with E-state index in [1.165, 1.54) is 23.5 Å². The first kappa shape index (κ1) is 20.5. The number of hydrogen-bond donors (Lipinski definition) is 1. The van der Waals surface area contributed by atoms with Crippen LogP contribution in [0.1, 0.15) is 57.6 Å². The Morgan fingerprint density at radius 3 is 2.89 bits per heavy atom. The van der Waals surface area contributed by atoms with E-state index in [1.54, 1.807) is 19.1 Å². The molecule has 0 unspecified atom stereocenters. The van der Waals surface area contributed by atoms with Crippen LogP contribution in [0.2, 0.25) is 0 Å². The first-order chi connectivity index (χ1) is 13.5. The van der Waals surface area contributed by atoms with Gasteiger partial charge in [-0.2, -0.15) is 10.1 Å². The molecule has 1 atom stereocenters. The van der Waals surface area contributed by atoms with E-state index in [1.807, 2.05) is 0 Å². The van der Waals surface area contributed by atoms with Crippen LogP contribution in [0.3, 0.4) is 0 Å². The van der Waals surface area contributed by atoms with Gasteiger partial charge in [-0.15, -0.1) is 0 Å². The summed E-state index contributed by atoms with van der Waals surface area (Å²) in [5.41, 5.74) is 1.25. The van der Waals surface area contributed by atoms with Crippen molar-refractivity contribution in [3.63, 3.8) is 0 Å². The van der Waals surface area contributed by atoms with Gasteiger partial charge in [0.2, 0.25) is 5.95 Å². The molecule has 6 nitrogen and oxygen atoms in total. The Balaban J connectivity index is 1.85. The Kier molecular flexibility index (Phi) is 6.83. The molecule has 1 aliphatic heterocycles. The van der Waals surface area contributed by atoms with Gasteiger partial charge < -0.3 is 10.1 Å². The summed E-state index contributed by atoms with van der Waals surface area (Å²) in [5, 5.41) is 7.26. The minimum Gasteiger partial charge on any atom is -0.462 e. The minimum absolute atomic E-state index is 0.330. The van der Waals surface area contributed by atoms with Crippen molar-refractivity contribution in [1.82, 2.24) is 14.8 Å². The average molecular weight is 451 g/mol. The molecule has 2 heterocycles. The number of aromatic nitrogens is 3. The summed E-state index contributed by atoms with van der Waals surface area (Å²) in [7, 11) is 0. The number of anilines is 1. The second kappa shape index (κ2) is 9.32. The fourth-order valence-corrected chi connectivity index (χ4v) is 3.69. The number of esters is 1. The zero-order chi connectivity index (χ0) is 20.1. The maximum Gasteiger partial charge on any atom is 0.338 e. The number of nitrogens with one attached hydrogen (secondary N) is 1. The number of fused-ring (bicyclic) bond motifs is 1. The van der Waals surface area contributed by atoms with Crippen LogP contribution in [0.4, 0.5) is 10.3 Å². The molecule has 0 fully saturated rings. The number of benzene rings is 1. The van der Waals surface area contributed by atoms with Gasteiger partial charge in [0.15, 0.2) is 0 Å². The molecule has 3 rings (SSSR count). The molecule has 1 aromatic carbocycles. The van der Waals surface area contributed by atoms with Gasteiger partial charge in [-0.3, -0.25) is 0 Å². The first-order valence-corrected chi connectivity index (χ1v) is 10.3. The molecule has 0 aliphatic carbocycles. The van der Waals surface area contributed by atoms with Crippen molar-refractivity contribution in [2.45, 2.75) is 52.0 Å². The molecular weight excluding hydrogens is 427 g/mol. The molecule has 0 saturated heterocycles. The average Bonchev–Trinajstić information content (AvgIpc) is 3.13. The van der Waals surface area contributed by atoms with Crippen LogP contribution < -0.4 is 5.32 Å². The molecule has 0 amide bonds. The molecule has 1 aromatic heterocycles. The highest BCUT2D eigenvalue weighted by molar-refractivity contribution is 9.10. The van der Waals surface area contributed by atoms with Crippen LogP contribution in [0.15, 0.2) is 40.3 Å². The second-order valence-electron chi connectivity index (χ2n) is 6.81. The van der Waals surface area contributed by atoms with Gasteiger partial charge in [-0.05, 0) is 31.5 Å². The van der Waals surface area contributed by atoms with E-state index in [0.29, 0.717) is 33.9 Å². The van der Waals surface area contributed by atoms with Gasteiger partial charge in [-0.1, -0.05) is 48.5 Å². The summed E-state index contributed by atoms with van der Waals surface area (Å²) in [6.07, 6.45) is 6.69. The zero-order valence-electron chi connectivity index (χ0n) is 16.0. The Morgan fingerprint density at radius 1 is 1.32 bits per heavy atom. The number of unbranched alkanes of at least 4 members (excludes halogenated alkanes) is 4. The van der Waals surface area contributed by atoms with Crippen molar-refractivity contribution in [1.29, 1.82) is 0 Å². The quantitative estimate of drug-likeness (QED) is 0.453. The van der Waals surface area contributed by atoms with Gasteiger partial charge in [0.25, 0.3) is 0 Å². The number of carbonyl (C=O) groups is 1. The number of allylic oxidation sites excluding steroid dienone is 1. The molecule has 8 heteroatoms. The lowest BCUT2D eigenvalue weighted by Crippen LogP contribution is -2.30. The lowest BCUT2D eigenvalue weighted by molar-refractivity contribution is -0.139. The van der Waals surface area contributed by atoms with Crippen molar-refractivity contribution in [3.05, 3.63) is 51.6 Å². The molecule has 0 radical (unpaired) electrons. The second-order valence-corrected chi connectivity index (χ2v) is 7.73. The normalized spacial score (nSPS) is 15.9. The third-order valence-electron chi connectivity index (χ3n) is 4.75. The van der Waals surface area contributed by atoms with Crippen LogP contribution in [-0.2, 0) is 9.53 Å². The van der Waals surface area contributed by atoms with Crippen molar-refractivity contribution in [2.24, 2.45) is 0 Å². The number of carbonyl (C=O) groups excluding carboxylic acids is 1. The summed E-state index contributed by atoms with van der Waals surface area (Å²) in [6, 6.07) is 3.89. The molecule has 150 valence electrons. The monoisotopic (exact) mass is 450 g/mol. The molecule has 0 bridgehead atoms. The van der Waals surface area contributed by atoms with Crippen LogP contribution in [0.25, 0.3) is 0 Å². The van der Waals surface area contributed by atoms with E-state index in [-0.39, 0.29) is 0 Å². The number of hydrogen-bond acceptors (Lipinski definition) is 5. The maximum absolute atomic E-state index is 14.7. The molecule has 0 spiro atoms. The van der Waals surface area contributed by atoms with E-state index in [9.17, 15) is 9.18 Å². The lowest BCUT2D eigenvalue weighted by atomic mass is 9.95. The van der Waals surface area contributed by atoms with Crippen LogP contribution in [-0.4, -0.2) is 27.3 Å². The summed E-state index contributed by atoms with van der Waals surface area (Å²) in [4.78, 5) is 17.0. The molecule has 28 heavy (non-hydrogen) atoms. The lowest BCUT2D eigenvalue weighted by Gasteiger charge is -2.28. The fraction of sp³-hybridized carbons (Fsp3) is 0.450. The highest BCUT2D eigenvalue weighted by Gasteiger charge is 2.35. The Labute approximate surface area is 172 Å². The van der Waals surface area contributed by atoms with E-state index in [2.05, 4.69) is 38.3 Å². The SMILES string of the molecule is CCCCCCCOC(=O)C1=C(C)Nc2ncnn2[C@@H]1c1cc(Br)ccc1F. The van der Waals surface area contributed by atoms with Gasteiger partial charge >= 0.3 is 5.97 Å². The molecule has 2 aromatic rings. The van der Waals surface area contributed by atoms with Gasteiger partial charge in [-0.25, -0.2) is 13.9 Å². The number of nitrogens with zero attached hydrogens (tertiary/aromatic N) is 3. The van der Waals surface area contributed by atoms with E-state index >= 15 is 0 Å². The first-order valence-electron chi connectivity index (χ1n) is 9.52. The smallest absolute Gasteiger partial charge is 0.338 e. The van der Waals surface area contributed by atoms with Crippen molar-refractivity contribution >= 4 is 27.8 Å². The summed E-state index contributed by atoms with van der Waals surface area (Å²) >= 11 is 3.38. The molecular formula is C20H24BrFN4O2. The Bertz CT molecular complexity index is 881. The predicted octanol–water partition coefficient (Wildman–Crippen LogP) is 4.98. The van der Waals surface area contributed by atoms with Gasteiger partial charge in [0.1, 0.15) is 18.2 Å². The molecule has 0 saturated carbocycles. The van der Waals surface area contributed by atoms with E-state index < -0.39 is 17.8 Å². The van der Waals surface area contributed by atoms with Crippen molar-refractivity contribution < 1.29 is 13.9 Å². The van der Waals surface area contributed by atoms with Crippen LogP contribution >= 0.6 is 15.9 Å². The maximum atomic E-state index is 14.7. The standard InChI is InChI=1S/C20H24BrFN4O2/c1-3-4-5-6-7-10-28-19(27)17-13(2)25-20-23-12-24-26(20)18(17)15-11-14(21)8-9-16(15)22/h8-9,11-12,18H,3-7,10H2,1-2H3,(H,23,24,25)/t18-/m1/s1. The third kappa shape index (κ3) is 4.43. The molecule has 1 aliphatic rings. The minimum atomic E-state index is -0.746. The van der Waals surface area contributed by atoms with Crippen LogP contribution in [0, 0.1) is 5.82 Å². The third-order valence-corrected chi connectivity index (χ3v) is 5.24. The van der Waals surface area contributed by atoms with Gasteiger partial charge in [0.05, 0.1) is 12.2 Å².